The van der Waals surface area contributed by atoms with E-state index in [0.717, 1.165) is 5.56 Å². The van der Waals surface area contributed by atoms with Crippen LogP contribution in [-0.4, -0.2) is 30.2 Å². The molecule has 0 fully saturated rings. The third-order valence-corrected chi connectivity index (χ3v) is 3.20. The number of oxime groups is 1. The van der Waals surface area contributed by atoms with Gasteiger partial charge in [-0.3, -0.25) is 9.59 Å². The van der Waals surface area contributed by atoms with Crippen LogP contribution in [0.15, 0.2) is 35.5 Å². The Morgan fingerprint density at radius 2 is 2.00 bits per heavy atom. The van der Waals surface area contributed by atoms with Gasteiger partial charge in [0.25, 0.3) is 11.8 Å². The van der Waals surface area contributed by atoms with Gasteiger partial charge in [0.1, 0.15) is 5.71 Å². The fraction of sp³-hybridized carbons (Fsp3) is 0.438. The fourth-order valence-electron chi connectivity index (χ4n) is 1.95. The average molecular weight is 303 g/mol. The summed E-state index contributed by atoms with van der Waals surface area (Å²) < 4.78 is 0. The Bertz CT molecular complexity index is 555. The van der Waals surface area contributed by atoms with Gasteiger partial charge in [0.15, 0.2) is 0 Å². The van der Waals surface area contributed by atoms with E-state index in [1.165, 1.54) is 0 Å². The minimum absolute atomic E-state index is 0.199. The number of rotatable bonds is 6. The van der Waals surface area contributed by atoms with Crippen LogP contribution in [0, 0.1) is 5.92 Å². The summed E-state index contributed by atoms with van der Waals surface area (Å²) in [5.74, 6) is -0.175. The van der Waals surface area contributed by atoms with Crippen molar-refractivity contribution < 1.29 is 14.4 Å². The fourth-order valence-corrected chi connectivity index (χ4v) is 1.95. The molecule has 6 heteroatoms. The molecular formula is C16H21N3O3. The highest BCUT2D eigenvalue weighted by Gasteiger charge is 2.31. The molecule has 0 saturated carbocycles. The molecule has 1 heterocycles. The maximum Gasteiger partial charge on any atom is 0.269 e. The highest BCUT2D eigenvalue weighted by molar-refractivity contribution is 6.39. The first-order valence-corrected chi connectivity index (χ1v) is 7.38. The summed E-state index contributed by atoms with van der Waals surface area (Å²) in [6.07, 6.45) is -0.513. The van der Waals surface area contributed by atoms with Crippen molar-refractivity contribution in [2.75, 3.05) is 6.54 Å². The number of amides is 2. The van der Waals surface area contributed by atoms with E-state index in [4.69, 9.17) is 4.84 Å². The van der Waals surface area contributed by atoms with Crippen LogP contribution < -0.4 is 10.6 Å². The number of hydrogen-bond acceptors (Lipinski definition) is 4. The maximum absolute atomic E-state index is 12.0. The van der Waals surface area contributed by atoms with E-state index >= 15 is 0 Å². The first kappa shape index (κ1) is 16.0. The molecule has 22 heavy (non-hydrogen) atoms. The molecule has 0 saturated heterocycles. The monoisotopic (exact) mass is 303 g/mol. The third-order valence-electron chi connectivity index (χ3n) is 3.20. The van der Waals surface area contributed by atoms with Crippen molar-refractivity contribution >= 4 is 17.5 Å². The molecule has 2 rings (SSSR count). The number of nitrogens with one attached hydrogen (secondary N) is 2. The lowest BCUT2D eigenvalue weighted by molar-refractivity contribution is -0.131. The van der Waals surface area contributed by atoms with Crippen molar-refractivity contribution in [2.24, 2.45) is 11.1 Å². The molecular weight excluding hydrogens is 282 g/mol. The Balaban J connectivity index is 1.77. The standard InChI is InChI=1S/C16H21N3O3/c1-11(2)9-17-16(21)14-8-13(19-22-14)15(20)18-10-12-6-4-3-5-7-12/h3-7,11,14H,8-10H2,1-2H3,(H,17,21)(H,18,20). The van der Waals surface area contributed by atoms with Crippen LogP contribution in [0.5, 0.6) is 0 Å². The van der Waals surface area contributed by atoms with E-state index < -0.39 is 6.10 Å². The zero-order valence-electron chi connectivity index (χ0n) is 12.8. The second-order valence-corrected chi connectivity index (χ2v) is 5.64. The Morgan fingerprint density at radius 3 is 2.68 bits per heavy atom. The lowest BCUT2D eigenvalue weighted by atomic mass is 10.1. The SMILES string of the molecule is CC(C)CNC(=O)C1CC(C(=O)NCc2ccccc2)=NO1. The Kier molecular flexibility index (Phi) is 5.52. The van der Waals surface area contributed by atoms with Gasteiger partial charge < -0.3 is 15.5 Å². The average Bonchev–Trinajstić information content (AvgIpc) is 3.01. The largest absolute Gasteiger partial charge is 0.382 e. The van der Waals surface area contributed by atoms with Gasteiger partial charge >= 0.3 is 0 Å². The molecule has 1 atom stereocenters. The summed E-state index contributed by atoms with van der Waals surface area (Å²) in [5, 5.41) is 9.26. The van der Waals surface area contributed by atoms with Gasteiger partial charge in [-0.2, -0.15) is 0 Å². The smallest absolute Gasteiger partial charge is 0.269 e. The van der Waals surface area contributed by atoms with Crippen molar-refractivity contribution in [2.45, 2.75) is 32.9 Å². The van der Waals surface area contributed by atoms with E-state index in [1.807, 2.05) is 44.2 Å². The summed E-state index contributed by atoms with van der Waals surface area (Å²) in [6.45, 7) is 5.01. The van der Waals surface area contributed by atoms with Gasteiger partial charge in [0, 0.05) is 19.5 Å². The van der Waals surface area contributed by atoms with Crippen molar-refractivity contribution in [3.8, 4) is 0 Å². The topological polar surface area (TPSA) is 79.8 Å². The predicted octanol–water partition coefficient (Wildman–Crippen LogP) is 1.22. The maximum atomic E-state index is 12.0. The minimum Gasteiger partial charge on any atom is -0.382 e. The molecule has 1 aromatic carbocycles. The van der Waals surface area contributed by atoms with Gasteiger partial charge in [-0.05, 0) is 11.5 Å². The highest BCUT2D eigenvalue weighted by Crippen LogP contribution is 2.11. The zero-order valence-corrected chi connectivity index (χ0v) is 12.8. The van der Waals surface area contributed by atoms with Crippen LogP contribution in [0.1, 0.15) is 25.8 Å². The minimum atomic E-state index is -0.712. The van der Waals surface area contributed by atoms with Crippen LogP contribution in [0.4, 0.5) is 0 Å². The van der Waals surface area contributed by atoms with Crippen molar-refractivity contribution in [1.29, 1.82) is 0 Å². The molecule has 1 unspecified atom stereocenters. The molecule has 118 valence electrons. The van der Waals surface area contributed by atoms with Crippen LogP contribution in [-0.2, 0) is 21.0 Å². The van der Waals surface area contributed by atoms with Crippen LogP contribution >= 0.6 is 0 Å². The van der Waals surface area contributed by atoms with Gasteiger partial charge in [-0.25, -0.2) is 0 Å². The summed E-state index contributed by atoms with van der Waals surface area (Å²) in [4.78, 5) is 28.9. The molecule has 1 aliphatic rings. The number of carbonyl (C=O) groups excluding carboxylic acids is 2. The van der Waals surface area contributed by atoms with Crippen molar-refractivity contribution in [3.63, 3.8) is 0 Å². The first-order valence-electron chi connectivity index (χ1n) is 7.38. The van der Waals surface area contributed by atoms with Gasteiger partial charge in [-0.1, -0.05) is 49.3 Å². The summed E-state index contributed by atoms with van der Waals surface area (Å²) in [6, 6.07) is 9.59. The van der Waals surface area contributed by atoms with Gasteiger partial charge in [0.05, 0.1) is 0 Å². The van der Waals surface area contributed by atoms with Crippen LogP contribution in [0.2, 0.25) is 0 Å². The molecule has 0 spiro atoms. The Labute approximate surface area is 129 Å². The molecule has 0 aliphatic carbocycles. The second-order valence-electron chi connectivity index (χ2n) is 5.64. The lowest BCUT2D eigenvalue weighted by Gasteiger charge is -2.10. The highest BCUT2D eigenvalue weighted by atomic mass is 16.6. The summed E-state index contributed by atoms with van der Waals surface area (Å²) in [7, 11) is 0. The molecule has 0 aromatic heterocycles. The van der Waals surface area contributed by atoms with Crippen molar-refractivity contribution in [3.05, 3.63) is 35.9 Å². The third kappa shape index (κ3) is 4.58. The molecule has 1 aliphatic heterocycles. The lowest BCUT2D eigenvalue weighted by Crippen LogP contribution is -2.38. The summed E-state index contributed by atoms with van der Waals surface area (Å²) >= 11 is 0. The van der Waals surface area contributed by atoms with Gasteiger partial charge in [-0.15, -0.1) is 0 Å². The molecule has 0 bridgehead atoms. The number of carbonyl (C=O) groups is 2. The Hall–Kier alpha value is -2.37. The normalized spacial score (nSPS) is 16.9. The van der Waals surface area contributed by atoms with Crippen LogP contribution in [0.3, 0.4) is 0 Å². The molecule has 2 amide bonds. The number of benzene rings is 1. The number of nitrogens with zero attached hydrogens (tertiary/aromatic N) is 1. The van der Waals surface area contributed by atoms with E-state index in [2.05, 4.69) is 15.8 Å². The van der Waals surface area contributed by atoms with Crippen molar-refractivity contribution in [1.82, 2.24) is 10.6 Å². The van der Waals surface area contributed by atoms with E-state index in [1.54, 1.807) is 0 Å². The number of hydrogen-bond donors (Lipinski definition) is 2. The molecule has 0 radical (unpaired) electrons. The second kappa shape index (κ2) is 7.59. The van der Waals surface area contributed by atoms with Crippen LogP contribution in [0.25, 0.3) is 0 Å². The summed E-state index contributed by atoms with van der Waals surface area (Å²) in [5.41, 5.74) is 1.25. The molecule has 2 N–H and O–H groups in total. The van der Waals surface area contributed by atoms with E-state index in [-0.39, 0.29) is 23.9 Å². The molecule has 6 nitrogen and oxygen atoms in total. The zero-order chi connectivity index (χ0) is 15.9. The first-order chi connectivity index (χ1) is 10.6. The van der Waals surface area contributed by atoms with E-state index in [0.29, 0.717) is 19.0 Å². The Morgan fingerprint density at radius 1 is 1.27 bits per heavy atom. The quantitative estimate of drug-likeness (QED) is 0.829. The van der Waals surface area contributed by atoms with Gasteiger partial charge in [0.2, 0.25) is 6.10 Å². The predicted molar refractivity (Wildman–Crippen MR) is 83.1 cm³/mol. The molecule has 1 aromatic rings. The van der Waals surface area contributed by atoms with E-state index in [9.17, 15) is 9.59 Å².